The van der Waals surface area contributed by atoms with E-state index in [0.29, 0.717) is 12.0 Å². The third kappa shape index (κ3) is 3.81. The van der Waals surface area contributed by atoms with Crippen LogP contribution in [0.1, 0.15) is 44.1 Å². The summed E-state index contributed by atoms with van der Waals surface area (Å²) in [7, 11) is 3.39. The summed E-state index contributed by atoms with van der Waals surface area (Å²) in [5.74, 6) is 0.599. The predicted octanol–water partition coefficient (Wildman–Crippen LogP) is 3.31. The molecule has 20 heavy (non-hydrogen) atoms. The fourth-order valence-corrected chi connectivity index (χ4v) is 3.35. The first-order chi connectivity index (χ1) is 9.76. The summed E-state index contributed by atoms with van der Waals surface area (Å²) in [4.78, 5) is 0. The third-order valence-corrected chi connectivity index (χ3v) is 4.34. The van der Waals surface area contributed by atoms with Gasteiger partial charge in [0.1, 0.15) is 0 Å². The van der Waals surface area contributed by atoms with Crippen molar-refractivity contribution >= 4 is 0 Å². The summed E-state index contributed by atoms with van der Waals surface area (Å²) < 4.78 is 10.7. The van der Waals surface area contributed by atoms with E-state index in [1.165, 1.54) is 31.2 Å². The van der Waals surface area contributed by atoms with Crippen molar-refractivity contribution in [3.63, 3.8) is 0 Å². The fourth-order valence-electron chi connectivity index (χ4n) is 3.35. The van der Waals surface area contributed by atoms with E-state index in [9.17, 15) is 0 Å². The minimum Gasteiger partial charge on any atom is -0.354 e. The maximum Gasteiger partial charge on any atom is 0.171 e. The maximum atomic E-state index is 5.36. The van der Waals surface area contributed by atoms with Crippen LogP contribution in [0.2, 0.25) is 0 Å². The monoisotopic (exact) mass is 277 g/mol. The predicted molar refractivity (Wildman–Crippen MR) is 81.8 cm³/mol. The molecule has 3 heteroatoms. The molecule has 0 bridgehead atoms. The summed E-state index contributed by atoms with van der Waals surface area (Å²) in [5, 5.41) is 3.72. The summed E-state index contributed by atoms with van der Waals surface area (Å²) in [6.07, 6.45) is 4.93. The Bertz CT molecular complexity index is 378. The molecule has 0 spiro atoms. The van der Waals surface area contributed by atoms with E-state index in [2.05, 4.69) is 42.6 Å². The average Bonchev–Trinajstić information content (AvgIpc) is 2.50. The molecule has 0 radical (unpaired) electrons. The Morgan fingerprint density at radius 1 is 1.05 bits per heavy atom. The van der Waals surface area contributed by atoms with Crippen LogP contribution in [-0.2, 0) is 9.47 Å². The van der Waals surface area contributed by atoms with Gasteiger partial charge in [-0.1, -0.05) is 43.2 Å². The molecule has 1 saturated carbocycles. The molecular weight excluding hydrogens is 250 g/mol. The number of methoxy groups -OCH3 is 2. The average molecular weight is 277 g/mol. The van der Waals surface area contributed by atoms with Crippen LogP contribution in [-0.4, -0.2) is 32.6 Å². The molecule has 112 valence electrons. The zero-order chi connectivity index (χ0) is 14.4. The van der Waals surface area contributed by atoms with E-state index in [-0.39, 0.29) is 12.3 Å². The minimum atomic E-state index is -0.187. The van der Waals surface area contributed by atoms with E-state index in [4.69, 9.17) is 9.47 Å². The highest BCUT2D eigenvalue weighted by atomic mass is 16.7. The number of hydrogen-bond donors (Lipinski definition) is 1. The van der Waals surface area contributed by atoms with E-state index in [1.807, 2.05) is 0 Å². The van der Waals surface area contributed by atoms with Crippen LogP contribution < -0.4 is 5.32 Å². The molecule has 0 aromatic heterocycles. The normalized spacial score (nSPS) is 24.8. The second-order valence-corrected chi connectivity index (χ2v) is 5.70. The topological polar surface area (TPSA) is 30.5 Å². The largest absolute Gasteiger partial charge is 0.354 e. The summed E-state index contributed by atoms with van der Waals surface area (Å²) in [6.45, 7) is 2.13. The van der Waals surface area contributed by atoms with Gasteiger partial charge >= 0.3 is 0 Å². The van der Waals surface area contributed by atoms with E-state index in [1.54, 1.807) is 14.2 Å². The van der Waals surface area contributed by atoms with Gasteiger partial charge in [-0.25, -0.2) is 0 Å². The van der Waals surface area contributed by atoms with Crippen molar-refractivity contribution in [2.24, 2.45) is 0 Å². The van der Waals surface area contributed by atoms with Crippen LogP contribution in [0.5, 0.6) is 0 Å². The lowest BCUT2D eigenvalue weighted by atomic mass is 9.79. The SMILES string of the molecule is COC(OC)C(C)NC1CCCCC1c1ccccc1. The Morgan fingerprint density at radius 2 is 1.70 bits per heavy atom. The quantitative estimate of drug-likeness (QED) is 0.809. The zero-order valence-corrected chi connectivity index (χ0v) is 12.8. The minimum absolute atomic E-state index is 0.187. The van der Waals surface area contributed by atoms with Gasteiger partial charge in [-0.05, 0) is 31.2 Å². The van der Waals surface area contributed by atoms with Crippen molar-refractivity contribution in [2.75, 3.05) is 14.2 Å². The van der Waals surface area contributed by atoms with Crippen LogP contribution in [0.15, 0.2) is 30.3 Å². The molecule has 1 aliphatic rings. The Balaban J connectivity index is 2.04. The van der Waals surface area contributed by atoms with Gasteiger partial charge in [0.25, 0.3) is 0 Å². The Labute approximate surface area is 122 Å². The fraction of sp³-hybridized carbons (Fsp3) is 0.647. The molecular formula is C17H27NO2. The van der Waals surface area contributed by atoms with Gasteiger partial charge in [0.05, 0.1) is 6.04 Å². The molecule has 3 atom stereocenters. The number of benzene rings is 1. The van der Waals surface area contributed by atoms with Gasteiger partial charge in [-0.3, -0.25) is 0 Å². The summed E-state index contributed by atoms with van der Waals surface area (Å²) >= 11 is 0. The van der Waals surface area contributed by atoms with Gasteiger partial charge in [-0.15, -0.1) is 0 Å². The van der Waals surface area contributed by atoms with Gasteiger partial charge in [0, 0.05) is 20.3 Å². The first-order valence-corrected chi connectivity index (χ1v) is 7.63. The second-order valence-electron chi connectivity index (χ2n) is 5.70. The van der Waals surface area contributed by atoms with Crippen molar-refractivity contribution in [3.05, 3.63) is 35.9 Å². The number of rotatable bonds is 6. The van der Waals surface area contributed by atoms with Crippen LogP contribution in [0.4, 0.5) is 0 Å². The van der Waals surface area contributed by atoms with Crippen molar-refractivity contribution in [1.29, 1.82) is 0 Å². The molecule has 3 unspecified atom stereocenters. The summed E-state index contributed by atoms with van der Waals surface area (Å²) in [6, 6.07) is 11.6. The standard InChI is InChI=1S/C17H27NO2/c1-13(17(19-2)20-3)18-16-12-8-7-11-15(16)14-9-5-4-6-10-14/h4-6,9-10,13,15-18H,7-8,11-12H2,1-3H3. The van der Waals surface area contributed by atoms with Crippen LogP contribution >= 0.6 is 0 Å². The maximum absolute atomic E-state index is 5.36. The molecule has 2 rings (SSSR count). The zero-order valence-electron chi connectivity index (χ0n) is 12.8. The first kappa shape index (κ1) is 15.5. The highest BCUT2D eigenvalue weighted by Gasteiger charge is 2.29. The van der Waals surface area contributed by atoms with Gasteiger partial charge < -0.3 is 14.8 Å². The van der Waals surface area contributed by atoms with Crippen molar-refractivity contribution in [3.8, 4) is 0 Å². The smallest absolute Gasteiger partial charge is 0.171 e. The number of ether oxygens (including phenoxy) is 2. The molecule has 0 heterocycles. The highest BCUT2D eigenvalue weighted by molar-refractivity contribution is 5.22. The lowest BCUT2D eigenvalue weighted by molar-refractivity contribution is -0.121. The third-order valence-electron chi connectivity index (χ3n) is 4.34. The Kier molecular flexibility index (Phi) is 6.02. The Hall–Kier alpha value is -0.900. The molecule has 0 amide bonds. The first-order valence-electron chi connectivity index (χ1n) is 7.63. The molecule has 1 aromatic rings. The highest BCUT2D eigenvalue weighted by Crippen LogP contribution is 2.33. The van der Waals surface area contributed by atoms with E-state index in [0.717, 1.165) is 0 Å². The van der Waals surface area contributed by atoms with E-state index < -0.39 is 0 Å². The van der Waals surface area contributed by atoms with Crippen LogP contribution in [0.25, 0.3) is 0 Å². The molecule has 3 nitrogen and oxygen atoms in total. The Morgan fingerprint density at radius 3 is 2.35 bits per heavy atom. The van der Waals surface area contributed by atoms with Gasteiger partial charge in [0.15, 0.2) is 6.29 Å². The van der Waals surface area contributed by atoms with Gasteiger partial charge in [0.2, 0.25) is 0 Å². The molecule has 0 aliphatic heterocycles. The number of nitrogens with one attached hydrogen (secondary N) is 1. The van der Waals surface area contributed by atoms with Gasteiger partial charge in [-0.2, -0.15) is 0 Å². The lowest BCUT2D eigenvalue weighted by Gasteiger charge is -2.36. The molecule has 1 N–H and O–H groups in total. The van der Waals surface area contributed by atoms with Crippen LogP contribution in [0, 0.1) is 0 Å². The molecule has 1 aromatic carbocycles. The number of hydrogen-bond acceptors (Lipinski definition) is 3. The van der Waals surface area contributed by atoms with Crippen molar-refractivity contribution < 1.29 is 9.47 Å². The lowest BCUT2D eigenvalue weighted by Crippen LogP contribution is -2.48. The van der Waals surface area contributed by atoms with E-state index >= 15 is 0 Å². The molecule has 0 saturated heterocycles. The molecule has 1 aliphatic carbocycles. The van der Waals surface area contributed by atoms with Crippen molar-refractivity contribution in [2.45, 2.75) is 56.9 Å². The second kappa shape index (κ2) is 7.77. The van der Waals surface area contributed by atoms with Crippen molar-refractivity contribution in [1.82, 2.24) is 5.32 Å². The molecule has 1 fully saturated rings. The summed E-state index contributed by atoms with van der Waals surface area (Å²) in [5.41, 5.74) is 1.45. The van der Waals surface area contributed by atoms with Crippen LogP contribution in [0.3, 0.4) is 0 Å².